The van der Waals surface area contributed by atoms with Crippen LogP contribution in [0.4, 0.5) is 5.69 Å². The first kappa shape index (κ1) is 11.0. The van der Waals surface area contributed by atoms with Crippen LogP contribution in [0, 0.1) is 11.3 Å². The van der Waals surface area contributed by atoms with Crippen molar-refractivity contribution < 1.29 is 0 Å². The molecular weight excluding hydrogens is 198 g/mol. The lowest BCUT2D eigenvalue weighted by Gasteiger charge is -2.30. The van der Waals surface area contributed by atoms with Crippen molar-refractivity contribution in [2.75, 3.05) is 31.1 Å². The highest BCUT2D eigenvalue weighted by Crippen LogP contribution is 2.22. The fraction of sp³-hybridized carbons (Fsp3) is 0.462. The molecule has 1 aromatic rings. The molecule has 0 amide bonds. The van der Waals surface area contributed by atoms with Gasteiger partial charge >= 0.3 is 0 Å². The molecule has 0 aromatic heterocycles. The van der Waals surface area contributed by atoms with Gasteiger partial charge in [-0.2, -0.15) is 5.26 Å². The number of hydrogen-bond donors (Lipinski definition) is 1. The van der Waals surface area contributed by atoms with Gasteiger partial charge in [-0.25, -0.2) is 0 Å². The maximum Gasteiger partial charge on any atom is 0.101 e. The number of piperazine rings is 1. The summed E-state index contributed by atoms with van der Waals surface area (Å²) in [4.78, 5) is 2.30. The second kappa shape index (κ2) is 5.00. The molecule has 1 aromatic carbocycles. The zero-order valence-electron chi connectivity index (χ0n) is 9.66. The lowest BCUT2D eigenvalue weighted by Crippen LogP contribution is -2.43. The van der Waals surface area contributed by atoms with E-state index in [0.717, 1.165) is 43.9 Å². The zero-order chi connectivity index (χ0) is 11.4. The molecule has 0 atom stereocenters. The Bertz CT molecular complexity index is 400. The van der Waals surface area contributed by atoms with E-state index in [-0.39, 0.29) is 0 Å². The van der Waals surface area contributed by atoms with Gasteiger partial charge in [0.2, 0.25) is 0 Å². The summed E-state index contributed by atoms with van der Waals surface area (Å²) in [5.41, 5.74) is 3.19. The topological polar surface area (TPSA) is 39.1 Å². The van der Waals surface area contributed by atoms with Crippen LogP contribution in [0.3, 0.4) is 0 Å². The van der Waals surface area contributed by atoms with Crippen molar-refractivity contribution in [3.05, 3.63) is 29.3 Å². The van der Waals surface area contributed by atoms with Gasteiger partial charge in [-0.3, -0.25) is 0 Å². The summed E-state index contributed by atoms with van der Waals surface area (Å²) in [5.74, 6) is 0. The molecule has 1 aliphatic heterocycles. The summed E-state index contributed by atoms with van der Waals surface area (Å²) < 4.78 is 0. The van der Waals surface area contributed by atoms with Crippen LogP contribution in [0.15, 0.2) is 18.2 Å². The third kappa shape index (κ3) is 2.17. The van der Waals surface area contributed by atoms with Gasteiger partial charge in [0, 0.05) is 26.2 Å². The van der Waals surface area contributed by atoms with E-state index < -0.39 is 0 Å². The summed E-state index contributed by atoms with van der Waals surface area (Å²) in [6, 6.07) is 8.43. The normalized spacial score (nSPS) is 15.9. The van der Waals surface area contributed by atoms with Gasteiger partial charge in [0.1, 0.15) is 6.07 Å². The number of rotatable bonds is 2. The highest BCUT2D eigenvalue weighted by Gasteiger charge is 2.14. The molecule has 0 aliphatic carbocycles. The van der Waals surface area contributed by atoms with Crippen molar-refractivity contribution >= 4 is 5.69 Å². The summed E-state index contributed by atoms with van der Waals surface area (Å²) in [6.45, 7) is 6.12. The number of hydrogen-bond acceptors (Lipinski definition) is 3. The lowest BCUT2D eigenvalue weighted by molar-refractivity contribution is 0.589. The van der Waals surface area contributed by atoms with Crippen LogP contribution in [-0.2, 0) is 6.42 Å². The van der Waals surface area contributed by atoms with E-state index in [2.05, 4.69) is 29.3 Å². The number of nitrogens with zero attached hydrogens (tertiary/aromatic N) is 2. The Kier molecular flexibility index (Phi) is 3.43. The monoisotopic (exact) mass is 215 g/mol. The van der Waals surface area contributed by atoms with E-state index >= 15 is 0 Å². The molecule has 1 N–H and O–H groups in total. The van der Waals surface area contributed by atoms with Gasteiger partial charge in [0.15, 0.2) is 0 Å². The Morgan fingerprint density at radius 2 is 2.12 bits per heavy atom. The molecular formula is C13H17N3. The van der Waals surface area contributed by atoms with Crippen LogP contribution in [0.1, 0.15) is 18.1 Å². The summed E-state index contributed by atoms with van der Waals surface area (Å²) in [7, 11) is 0. The van der Waals surface area contributed by atoms with E-state index in [4.69, 9.17) is 5.26 Å². The molecule has 0 bridgehead atoms. The molecule has 1 saturated heterocycles. The van der Waals surface area contributed by atoms with E-state index in [1.807, 2.05) is 12.1 Å². The third-order valence-electron chi connectivity index (χ3n) is 3.05. The third-order valence-corrected chi connectivity index (χ3v) is 3.05. The smallest absolute Gasteiger partial charge is 0.101 e. The van der Waals surface area contributed by atoms with Gasteiger partial charge in [0.05, 0.1) is 11.3 Å². The Labute approximate surface area is 96.7 Å². The highest BCUT2D eigenvalue weighted by molar-refractivity contribution is 5.61. The molecule has 1 fully saturated rings. The number of aryl methyl sites for hydroxylation is 1. The van der Waals surface area contributed by atoms with E-state index in [9.17, 15) is 0 Å². The van der Waals surface area contributed by atoms with Crippen LogP contribution in [0.2, 0.25) is 0 Å². The molecule has 2 rings (SSSR count). The largest absolute Gasteiger partial charge is 0.368 e. The van der Waals surface area contributed by atoms with Crippen LogP contribution in [-0.4, -0.2) is 26.2 Å². The SMILES string of the molecule is CCc1ccc(C#N)c(N2CCNCC2)c1. The Morgan fingerprint density at radius 1 is 1.38 bits per heavy atom. The van der Waals surface area contributed by atoms with Gasteiger partial charge in [-0.15, -0.1) is 0 Å². The molecule has 1 heterocycles. The van der Waals surface area contributed by atoms with Crippen LogP contribution in [0.5, 0.6) is 0 Å². The first-order valence-electron chi connectivity index (χ1n) is 5.84. The van der Waals surface area contributed by atoms with Gasteiger partial charge in [0.25, 0.3) is 0 Å². The average molecular weight is 215 g/mol. The Hall–Kier alpha value is -1.53. The molecule has 3 nitrogen and oxygen atoms in total. The summed E-state index contributed by atoms with van der Waals surface area (Å²) >= 11 is 0. The standard InChI is InChI=1S/C13H17N3/c1-2-11-3-4-12(10-14)13(9-11)16-7-5-15-6-8-16/h3-4,9,15H,2,5-8H2,1H3. The van der Waals surface area contributed by atoms with Crippen LogP contribution >= 0.6 is 0 Å². The average Bonchev–Trinajstić information content (AvgIpc) is 2.39. The fourth-order valence-corrected chi connectivity index (χ4v) is 2.06. The quantitative estimate of drug-likeness (QED) is 0.813. The second-order valence-electron chi connectivity index (χ2n) is 4.05. The van der Waals surface area contributed by atoms with Crippen LogP contribution < -0.4 is 10.2 Å². The molecule has 0 saturated carbocycles. The van der Waals surface area contributed by atoms with E-state index in [1.54, 1.807) is 0 Å². The lowest BCUT2D eigenvalue weighted by atomic mass is 10.1. The molecule has 0 radical (unpaired) electrons. The molecule has 1 aliphatic rings. The number of nitrogens with one attached hydrogen (secondary N) is 1. The maximum absolute atomic E-state index is 9.12. The van der Waals surface area contributed by atoms with Crippen molar-refractivity contribution in [2.24, 2.45) is 0 Å². The molecule has 84 valence electrons. The minimum atomic E-state index is 0.791. The molecule has 16 heavy (non-hydrogen) atoms. The Balaban J connectivity index is 2.32. The first-order valence-corrected chi connectivity index (χ1v) is 5.84. The molecule has 3 heteroatoms. The van der Waals surface area contributed by atoms with E-state index in [0.29, 0.717) is 0 Å². The Morgan fingerprint density at radius 3 is 2.75 bits per heavy atom. The predicted octanol–water partition coefficient (Wildman–Crippen LogP) is 1.53. The van der Waals surface area contributed by atoms with Gasteiger partial charge < -0.3 is 10.2 Å². The second-order valence-corrected chi connectivity index (χ2v) is 4.05. The minimum Gasteiger partial charge on any atom is -0.368 e. The zero-order valence-corrected chi connectivity index (χ0v) is 9.66. The van der Waals surface area contributed by atoms with Crippen molar-refractivity contribution in [3.63, 3.8) is 0 Å². The predicted molar refractivity (Wildman–Crippen MR) is 65.6 cm³/mol. The maximum atomic E-state index is 9.12. The van der Waals surface area contributed by atoms with Crippen molar-refractivity contribution in [2.45, 2.75) is 13.3 Å². The van der Waals surface area contributed by atoms with Crippen LogP contribution in [0.25, 0.3) is 0 Å². The fourth-order valence-electron chi connectivity index (χ4n) is 2.06. The summed E-state index contributed by atoms with van der Waals surface area (Å²) in [5, 5.41) is 12.4. The van der Waals surface area contributed by atoms with Crippen molar-refractivity contribution in [1.82, 2.24) is 5.32 Å². The molecule has 0 spiro atoms. The number of anilines is 1. The summed E-state index contributed by atoms with van der Waals surface area (Å²) in [6.07, 6.45) is 1.02. The van der Waals surface area contributed by atoms with Gasteiger partial charge in [-0.05, 0) is 24.1 Å². The highest BCUT2D eigenvalue weighted by atomic mass is 15.2. The number of nitriles is 1. The molecule has 0 unspecified atom stereocenters. The minimum absolute atomic E-state index is 0.791. The van der Waals surface area contributed by atoms with Crippen molar-refractivity contribution in [3.8, 4) is 6.07 Å². The van der Waals surface area contributed by atoms with Crippen molar-refractivity contribution in [1.29, 1.82) is 5.26 Å². The van der Waals surface area contributed by atoms with E-state index in [1.165, 1.54) is 5.56 Å². The number of benzene rings is 1. The first-order chi connectivity index (χ1) is 7.85. The van der Waals surface area contributed by atoms with Gasteiger partial charge in [-0.1, -0.05) is 13.0 Å².